The first-order valence-electron chi connectivity index (χ1n) is 6.85. The number of ketones is 1. The third-order valence-corrected chi connectivity index (χ3v) is 2.91. The number of nitrogens with zero attached hydrogens (tertiary/aromatic N) is 1. The van der Waals surface area contributed by atoms with E-state index in [1.54, 1.807) is 4.90 Å². The van der Waals surface area contributed by atoms with Crippen LogP contribution in [0.1, 0.15) is 6.42 Å². The van der Waals surface area contributed by atoms with Crippen LogP contribution in [0.5, 0.6) is 0 Å². The number of rotatable bonds is 11. The van der Waals surface area contributed by atoms with E-state index in [0.29, 0.717) is 13.1 Å². The molecule has 19 heavy (non-hydrogen) atoms. The van der Waals surface area contributed by atoms with Gasteiger partial charge >= 0.3 is 0 Å². The summed E-state index contributed by atoms with van der Waals surface area (Å²) in [7, 11) is 0. The SMILES string of the molecule is NCCNCCNCCNCCN1CC(=O)CC1=O. The van der Waals surface area contributed by atoms with E-state index in [2.05, 4.69) is 16.0 Å². The Morgan fingerprint density at radius 2 is 1.53 bits per heavy atom. The van der Waals surface area contributed by atoms with Gasteiger partial charge in [-0.05, 0) is 0 Å². The predicted molar refractivity (Wildman–Crippen MR) is 73.9 cm³/mol. The molecule has 0 atom stereocenters. The molecule has 1 rings (SSSR count). The summed E-state index contributed by atoms with van der Waals surface area (Å²) in [4.78, 5) is 24.0. The Hall–Kier alpha value is -1.02. The molecule has 0 saturated carbocycles. The Labute approximate surface area is 114 Å². The second-order valence-electron chi connectivity index (χ2n) is 4.57. The molecule has 1 aliphatic rings. The van der Waals surface area contributed by atoms with Crippen LogP contribution in [-0.4, -0.2) is 75.5 Å². The molecule has 1 aliphatic heterocycles. The monoisotopic (exact) mass is 271 g/mol. The number of hydrogen-bond acceptors (Lipinski definition) is 6. The summed E-state index contributed by atoms with van der Waals surface area (Å²) >= 11 is 0. The van der Waals surface area contributed by atoms with Gasteiger partial charge in [-0.3, -0.25) is 9.59 Å². The van der Waals surface area contributed by atoms with E-state index in [0.717, 1.165) is 39.3 Å². The molecule has 1 fully saturated rings. The summed E-state index contributed by atoms with van der Waals surface area (Å²) in [6.07, 6.45) is 0.0807. The molecule has 1 saturated heterocycles. The number of carbonyl (C=O) groups is 2. The van der Waals surface area contributed by atoms with Gasteiger partial charge in [-0.1, -0.05) is 0 Å². The maximum absolute atomic E-state index is 11.3. The average molecular weight is 271 g/mol. The van der Waals surface area contributed by atoms with Crippen molar-refractivity contribution < 1.29 is 9.59 Å². The van der Waals surface area contributed by atoms with Crippen molar-refractivity contribution in [2.45, 2.75) is 6.42 Å². The molecule has 0 aromatic rings. The van der Waals surface area contributed by atoms with Crippen molar-refractivity contribution in [1.29, 1.82) is 0 Å². The molecule has 110 valence electrons. The summed E-state index contributed by atoms with van der Waals surface area (Å²) in [6.45, 7) is 6.72. The Morgan fingerprint density at radius 3 is 2.05 bits per heavy atom. The molecule has 0 aromatic carbocycles. The molecule has 7 nitrogen and oxygen atoms in total. The molecule has 7 heteroatoms. The number of nitrogens with two attached hydrogens (primary N) is 1. The van der Waals surface area contributed by atoms with E-state index >= 15 is 0 Å². The quantitative estimate of drug-likeness (QED) is 0.245. The number of hydrogen-bond donors (Lipinski definition) is 4. The first-order chi connectivity index (χ1) is 9.24. The normalized spacial score (nSPS) is 15.5. The van der Waals surface area contributed by atoms with Gasteiger partial charge in [-0.2, -0.15) is 0 Å². The van der Waals surface area contributed by atoms with Crippen LogP contribution in [0.3, 0.4) is 0 Å². The Kier molecular flexibility index (Phi) is 8.31. The molecule has 0 radical (unpaired) electrons. The maximum atomic E-state index is 11.3. The molecule has 0 spiro atoms. The van der Waals surface area contributed by atoms with Crippen LogP contribution in [0.2, 0.25) is 0 Å². The van der Waals surface area contributed by atoms with E-state index in [-0.39, 0.29) is 24.7 Å². The Bertz CT molecular complexity index is 285. The molecule has 0 aromatic heterocycles. The molecule has 1 heterocycles. The lowest BCUT2D eigenvalue weighted by Gasteiger charge is -2.14. The number of Topliss-reactive ketones (excluding diaryl/α,β-unsaturated/α-hetero) is 1. The molecule has 0 unspecified atom stereocenters. The standard InChI is InChI=1S/C12H25N5O2/c13-1-2-14-3-4-15-5-6-16-7-8-17-10-11(18)9-12(17)19/h14-16H,1-10,13H2. The number of likely N-dealkylation sites (tertiary alicyclic amines) is 1. The smallest absolute Gasteiger partial charge is 0.230 e. The van der Waals surface area contributed by atoms with E-state index in [4.69, 9.17) is 5.73 Å². The van der Waals surface area contributed by atoms with Crippen molar-refractivity contribution in [3.63, 3.8) is 0 Å². The lowest BCUT2D eigenvalue weighted by molar-refractivity contribution is -0.127. The first kappa shape index (κ1) is 16.0. The van der Waals surface area contributed by atoms with E-state index < -0.39 is 0 Å². The molecular formula is C12H25N5O2. The molecule has 1 amide bonds. The van der Waals surface area contributed by atoms with Gasteiger partial charge in [0.15, 0.2) is 5.78 Å². The lowest BCUT2D eigenvalue weighted by Crippen LogP contribution is -2.37. The zero-order valence-corrected chi connectivity index (χ0v) is 11.4. The van der Waals surface area contributed by atoms with Gasteiger partial charge in [0.25, 0.3) is 0 Å². The van der Waals surface area contributed by atoms with Crippen molar-refractivity contribution in [1.82, 2.24) is 20.9 Å². The van der Waals surface area contributed by atoms with Gasteiger partial charge in [-0.25, -0.2) is 0 Å². The van der Waals surface area contributed by atoms with Crippen molar-refractivity contribution >= 4 is 11.7 Å². The van der Waals surface area contributed by atoms with Gasteiger partial charge in [0.1, 0.15) is 0 Å². The fourth-order valence-corrected chi connectivity index (χ4v) is 1.89. The van der Waals surface area contributed by atoms with Crippen LogP contribution in [0.25, 0.3) is 0 Å². The van der Waals surface area contributed by atoms with Gasteiger partial charge in [0.05, 0.1) is 13.0 Å². The summed E-state index contributed by atoms with van der Waals surface area (Å²) < 4.78 is 0. The zero-order chi connectivity index (χ0) is 13.9. The highest BCUT2D eigenvalue weighted by Gasteiger charge is 2.26. The highest BCUT2D eigenvalue weighted by Crippen LogP contribution is 2.04. The fraction of sp³-hybridized carbons (Fsp3) is 0.833. The van der Waals surface area contributed by atoms with Crippen molar-refractivity contribution in [3.8, 4) is 0 Å². The van der Waals surface area contributed by atoms with Crippen LogP contribution < -0.4 is 21.7 Å². The average Bonchev–Trinajstić information content (AvgIpc) is 2.70. The van der Waals surface area contributed by atoms with Gasteiger partial charge in [0.2, 0.25) is 5.91 Å². The minimum absolute atomic E-state index is 0.0247. The third-order valence-electron chi connectivity index (χ3n) is 2.91. The second-order valence-corrected chi connectivity index (χ2v) is 4.57. The molecule has 0 bridgehead atoms. The van der Waals surface area contributed by atoms with Gasteiger partial charge in [0, 0.05) is 52.4 Å². The number of nitrogens with one attached hydrogen (secondary N) is 3. The Morgan fingerprint density at radius 1 is 0.947 bits per heavy atom. The first-order valence-corrected chi connectivity index (χ1v) is 6.85. The Balaban J connectivity index is 1.84. The van der Waals surface area contributed by atoms with Crippen LogP contribution in [0.15, 0.2) is 0 Å². The van der Waals surface area contributed by atoms with Crippen LogP contribution in [0, 0.1) is 0 Å². The van der Waals surface area contributed by atoms with Gasteiger partial charge < -0.3 is 26.6 Å². The van der Waals surface area contributed by atoms with Gasteiger partial charge in [-0.15, -0.1) is 0 Å². The summed E-state index contributed by atoms with van der Waals surface area (Å²) in [5.74, 6) is -0.0208. The van der Waals surface area contributed by atoms with Crippen molar-refractivity contribution in [3.05, 3.63) is 0 Å². The van der Waals surface area contributed by atoms with Crippen LogP contribution in [0.4, 0.5) is 0 Å². The molecular weight excluding hydrogens is 246 g/mol. The third kappa shape index (κ3) is 7.22. The van der Waals surface area contributed by atoms with Crippen molar-refractivity contribution in [2.75, 3.05) is 58.9 Å². The van der Waals surface area contributed by atoms with Crippen molar-refractivity contribution in [2.24, 2.45) is 5.73 Å². The summed E-state index contributed by atoms with van der Waals surface area (Å²) in [5, 5.41) is 9.73. The highest BCUT2D eigenvalue weighted by atomic mass is 16.2. The lowest BCUT2D eigenvalue weighted by atomic mass is 10.3. The zero-order valence-electron chi connectivity index (χ0n) is 11.4. The topological polar surface area (TPSA) is 99.5 Å². The predicted octanol–water partition coefficient (Wildman–Crippen LogP) is -2.48. The molecule has 5 N–H and O–H groups in total. The highest BCUT2D eigenvalue weighted by molar-refractivity contribution is 6.05. The minimum atomic E-state index is -0.0455. The largest absolute Gasteiger partial charge is 0.334 e. The van der Waals surface area contributed by atoms with Crippen LogP contribution in [-0.2, 0) is 9.59 Å². The fourth-order valence-electron chi connectivity index (χ4n) is 1.89. The number of amides is 1. The summed E-state index contributed by atoms with van der Waals surface area (Å²) in [6, 6.07) is 0. The van der Waals surface area contributed by atoms with Crippen LogP contribution >= 0.6 is 0 Å². The maximum Gasteiger partial charge on any atom is 0.230 e. The molecule has 0 aliphatic carbocycles. The van der Waals surface area contributed by atoms with E-state index in [1.165, 1.54) is 0 Å². The van der Waals surface area contributed by atoms with E-state index in [9.17, 15) is 9.59 Å². The summed E-state index contributed by atoms with van der Waals surface area (Å²) in [5.41, 5.74) is 5.35. The minimum Gasteiger partial charge on any atom is -0.334 e. The second kappa shape index (κ2) is 9.85. The number of carbonyl (C=O) groups excluding carboxylic acids is 2. The van der Waals surface area contributed by atoms with E-state index in [1.807, 2.05) is 0 Å².